The van der Waals surface area contributed by atoms with E-state index < -0.39 is 11.8 Å². The van der Waals surface area contributed by atoms with Crippen molar-refractivity contribution in [1.82, 2.24) is 5.06 Å². The lowest BCUT2D eigenvalue weighted by Crippen LogP contribution is -2.47. The van der Waals surface area contributed by atoms with Gasteiger partial charge in [-0.1, -0.05) is 18.2 Å². The molecule has 2 amide bonds. The van der Waals surface area contributed by atoms with E-state index in [1.165, 1.54) is 12.2 Å². The summed E-state index contributed by atoms with van der Waals surface area (Å²) in [5.41, 5.74) is 0.234. The predicted molar refractivity (Wildman–Crippen MR) is 68.0 cm³/mol. The van der Waals surface area contributed by atoms with Crippen molar-refractivity contribution in [3.05, 3.63) is 30.3 Å². The monoisotopic (exact) mass is 250 g/mol. The molecule has 98 valence electrons. The zero-order valence-electron chi connectivity index (χ0n) is 11.1. The van der Waals surface area contributed by atoms with Gasteiger partial charge in [-0.15, -0.1) is 0 Å². The lowest BCUT2D eigenvalue weighted by Gasteiger charge is -2.31. The molecule has 1 fully saturated rings. The first kappa shape index (κ1) is 12.9. The second-order valence-electron chi connectivity index (χ2n) is 4.71. The number of benzene rings is 1. The molecule has 5 heteroatoms. The second kappa shape index (κ2) is 4.59. The number of hydrogen-bond acceptors (Lipinski definition) is 3. The highest BCUT2D eigenvalue weighted by Crippen LogP contribution is 2.36. The van der Waals surface area contributed by atoms with Gasteiger partial charge in [0.05, 0.1) is 7.11 Å². The molecule has 0 N–H and O–H groups in total. The normalized spacial score (nSPS) is 22.7. The molecule has 18 heavy (non-hydrogen) atoms. The third-order valence-electron chi connectivity index (χ3n) is 3.18. The minimum Gasteiger partial charge on any atom is -0.358 e. The number of rotatable bonds is 3. The molecule has 1 unspecified atom stereocenters. The number of methoxy groups -OCH3 is 1. The van der Waals surface area contributed by atoms with Crippen LogP contribution in [0, 0.1) is 0 Å². The SMILES string of the molecule is COC1N(c2ccccc2)C(=O)N(OC)C1(C)C. The number of carbonyl (C=O) groups excluding carboxylic acids is 1. The number of anilines is 1. The Labute approximate surface area is 107 Å². The number of hydrogen-bond donors (Lipinski definition) is 0. The molecule has 1 heterocycles. The van der Waals surface area contributed by atoms with Gasteiger partial charge in [-0.2, -0.15) is 5.06 Å². The molecule has 2 rings (SSSR count). The summed E-state index contributed by atoms with van der Waals surface area (Å²) in [4.78, 5) is 19.2. The van der Waals surface area contributed by atoms with Crippen molar-refractivity contribution in [2.24, 2.45) is 0 Å². The first-order chi connectivity index (χ1) is 8.54. The van der Waals surface area contributed by atoms with Crippen molar-refractivity contribution in [3.63, 3.8) is 0 Å². The third-order valence-corrected chi connectivity index (χ3v) is 3.18. The minimum atomic E-state index is -0.559. The summed E-state index contributed by atoms with van der Waals surface area (Å²) in [6, 6.07) is 9.21. The standard InChI is InChI=1S/C13H18N2O3/c1-13(2)11(17-3)14(12(16)15(13)18-4)10-8-6-5-7-9-10/h5-9,11H,1-4H3. The summed E-state index contributed by atoms with van der Waals surface area (Å²) in [5.74, 6) is 0. The van der Waals surface area contributed by atoms with E-state index >= 15 is 0 Å². The molecular weight excluding hydrogens is 232 g/mol. The van der Waals surface area contributed by atoms with Gasteiger partial charge >= 0.3 is 6.03 Å². The minimum absolute atomic E-state index is 0.222. The van der Waals surface area contributed by atoms with E-state index in [1.54, 1.807) is 12.0 Å². The van der Waals surface area contributed by atoms with Gasteiger partial charge in [-0.3, -0.25) is 9.74 Å². The lowest BCUT2D eigenvalue weighted by atomic mass is 10.0. The number of nitrogens with zero attached hydrogens (tertiary/aromatic N) is 2. The summed E-state index contributed by atoms with van der Waals surface area (Å²) in [5, 5.41) is 1.34. The summed E-state index contributed by atoms with van der Waals surface area (Å²) in [6.07, 6.45) is -0.396. The highest BCUT2D eigenvalue weighted by atomic mass is 16.7. The van der Waals surface area contributed by atoms with Crippen molar-refractivity contribution in [1.29, 1.82) is 0 Å². The van der Waals surface area contributed by atoms with Gasteiger partial charge in [-0.25, -0.2) is 4.79 Å². The molecule has 0 bridgehead atoms. The molecule has 1 atom stereocenters. The molecule has 0 saturated carbocycles. The zero-order chi connectivity index (χ0) is 13.3. The van der Waals surface area contributed by atoms with Crippen LogP contribution in [0.25, 0.3) is 0 Å². The number of amides is 2. The van der Waals surface area contributed by atoms with Gasteiger partial charge in [0.25, 0.3) is 0 Å². The molecule has 1 aliphatic rings. The maximum Gasteiger partial charge on any atom is 0.351 e. The molecule has 1 aliphatic heterocycles. The number of ether oxygens (including phenoxy) is 1. The van der Waals surface area contributed by atoms with E-state index in [4.69, 9.17) is 9.57 Å². The Morgan fingerprint density at radius 2 is 1.78 bits per heavy atom. The molecule has 1 aromatic rings. The number of para-hydroxylation sites is 1. The maximum atomic E-state index is 12.4. The van der Waals surface area contributed by atoms with Crippen LogP contribution in [-0.4, -0.2) is 37.1 Å². The fraction of sp³-hybridized carbons (Fsp3) is 0.462. The highest BCUT2D eigenvalue weighted by molar-refractivity contribution is 5.95. The Balaban J connectivity index is 2.44. The Kier molecular flexibility index (Phi) is 3.28. The van der Waals surface area contributed by atoms with Gasteiger partial charge < -0.3 is 4.74 Å². The van der Waals surface area contributed by atoms with Crippen molar-refractivity contribution in [2.75, 3.05) is 19.1 Å². The molecule has 0 radical (unpaired) electrons. The van der Waals surface area contributed by atoms with Crippen molar-refractivity contribution in [3.8, 4) is 0 Å². The van der Waals surface area contributed by atoms with Crippen LogP contribution in [0.1, 0.15) is 13.8 Å². The average Bonchev–Trinajstić information content (AvgIpc) is 2.55. The Morgan fingerprint density at radius 3 is 2.28 bits per heavy atom. The van der Waals surface area contributed by atoms with Gasteiger partial charge in [0.2, 0.25) is 0 Å². The molecule has 0 aromatic heterocycles. The fourth-order valence-corrected chi connectivity index (χ4v) is 2.40. The highest BCUT2D eigenvalue weighted by Gasteiger charge is 2.53. The van der Waals surface area contributed by atoms with Gasteiger partial charge in [0, 0.05) is 12.8 Å². The summed E-state index contributed by atoms with van der Waals surface area (Å²) in [7, 11) is 3.08. The topological polar surface area (TPSA) is 42.0 Å². The van der Waals surface area contributed by atoms with Crippen LogP contribution in [0.5, 0.6) is 0 Å². The van der Waals surface area contributed by atoms with E-state index in [2.05, 4.69) is 0 Å². The van der Waals surface area contributed by atoms with Crippen LogP contribution in [0.3, 0.4) is 0 Å². The van der Waals surface area contributed by atoms with E-state index in [-0.39, 0.29) is 6.03 Å². The van der Waals surface area contributed by atoms with Crippen molar-refractivity contribution < 1.29 is 14.4 Å². The average molecular weight is 250 g/mol. The first-order valence-corrected chi connectivity index (χ1v) is 5.79. The van der Waals surface area contributed by atoms with Gasteiger partial charge in [-0.05, 0) is 26.0 Å². The maximum absolute atomic E-state index is 12.4. The van der Waals surface area contributed by atoms with Crippen LogP contribution in [0.4, 0.5) is 10.5 Å². The largest absolute Gasteiger partial charge is 0.358 e. The molecular formula is C13H18N2O3. The summed E-state index contributed by atoms with van der Waals surface area (Å²) in [6.45, 7) is 3.82. The summed E-state index contributed by atoms with van der Waals surface area (Å²) < 4.78 is 5.48. The van der Waals surface area contributed by atoms with Crippen LogP contribution in [-0.2, 0) is 9.57 Å². The third kappa shape index (κ3) is 1.76. The van der Waals surface area contributed by atoms with E-state index in [1.807, 2.05) is 44.2 Å². The second-order valence-corrected chi connectivity index (χ2v) is 4.71. The van der Waals surface area contributed by atoms with Crippen molar-refractivity contribution >= 4 is 11.7 Å². The molecule has 0 aliphatic carbocycles. The lowest BCUT2D eigenvalue weighted by molar-refractivity contribution is -0.155. The van der Waals surface area contributed by atoms with Crippen LogP contribution >= 0.6 is 0 Å². The molecule has 1 aromatic carbocycles. The van der Waals surface area contributed by atoms with Crippen LogP contribution in [0.15, 0.2) is 30.3 Å². The Hall–Kier alpha value is -1.59. The quantitative estimate of drug-likeness (QED) is 0.826. The van der Waals surface area contributed by atoms with Crippen LogP contribution < -0.4 is 4.90 Å². The van der Waals surface area contributed by atoms with E-state index in [0.717, 1.165) is 5.69 Å². The van der Waals surface area contributed by atoms with E-state index in [0.29, 0.717) is 0 Å². The van der Waals surface area contributed by atoms with Gasteiger partial charge in [0.15, 0.2) is 6.23 Å². The first-order valence-electron chi connectivity index (χ1n) is 5.79. The molecule has 0 spiro atoms. The zero-order valence-corrected chi connectivity index (χ0v) is 11.1. The molecule has 5 nitrogen and oxygen atoms in total. The van der Waals surface area contributed by atoms with Crippen LogP contribution in [0.2, 0.25) is 0 Å². The van der Waals surface area contributed by atoms with E-state index in [9.17, 15) is 4.79 Å². The number of carbonyl (C=O) groups is 1. The number of urea groups is 1. The number of hydroxylamine groups is 2. The van der Waals surface area contributed by atoms with Crippen molar-refractivity contribution in [2.45, 2.75) is 25.6 Å². The smallest absolute Gasteiger partial charge is 0.351 e. The predicted octanol–water partition coefficient (Wildman–Crippen LogP) is 2.24. The van der Waals surface area contributed by atoms with Gasteiger partial charge in [0.1, 0.15) is 5.54 Å². The Bertz CT molecular complexity index is 433. The fourth-order valence-electron chi connectivity index (χ4n) is 2.40. The molecule has 1 saturated heterocycles. The summed E-state index contributed by atoms with van der Waals surface area (Å²) >= 11 is 0. The Morgan fingerprint density at radius 1 is 1.17 bits per heavy atom.